The molecular weight excluding hydrogens is 352 g/mol. The Morgan fingerprint density at radius 2 is 2.12 bits per heavy atom. The molecule has 24 heavy (non-hydrogen) atoms. The molecule has 0 radical (unpaired) electrons. The van der Waals surface area contributed by atoms with Gasteiger partial charge in [0.25, 0.3) is 0 Å². The molecule has 0 amide bonds. The third kappa shape index (κ3) is 5.16. The SMILES string of the molecule is Cl.O=S(=O)(NCCC1CCCNC1)c1cnn(C2CCOCC2)c1. The maximum atomic E-state index is 12.4. The summed E-state index contributed by atoms with van der Waals surface area (Å²) in [6.07, 6.45) is 8.07. The number of aromatic nitrogens is 2. The molecule has 1 unspecified atom stereocenters. The molecular formula is C15H27ClN4O3S. The first-order valence-corrected chi connectivity index (χ1v) is 9.96. The van der Waals surface area contributed by atoms with E-state index < -0.39 is 10.0 Å². The summed E-state index contributed by atoms with van der Waals surface area (Å²) in [6.45, 7) is 3.97. The Hall–Kier alpha value is -0.670. The van der Waals surface area contributed by atoms with Crippen molar-refractivity contribution in [3.05, 3.63) is 12.4 Å². The Kier molecular flexibility index (Phi) is 7.49. The Morgan fingerprint density at radius 1 is 1.33 bits per heavy atom. The van der Waals surface area contributed by atoms with Gasteiger partial charge in [-0.15, -0.1) is 12.4 Å². The first-order valence-electron chi connectivity index (χ1n) is 8.47. The Bertz CT molecular complexity index is 596. The highest BCUT2D eigenvalue weighted by Gasteiger charge is 2.21. The minimum absolute atomic E-state index is 0. The first-order chi connectivity index (χ1) is 11.1. The minimum atomic E-state index is -3.46. The van der Waals surface area contributed by atoms with Gasteiger partial charge in [0.15, 0.2) is 0 Å². The van der Waals surface area contributed by atoms with E-state index in [4.69, 9.17) is 4.74 Å². The molecule has 1 atom stereocenters. The van der Waals surface area contributed by atoms with Crippen LogP contribution in [0.15, 0.2) is 17.3 Å². The van der Waals surface area contributed by atoms with Gasteiger partial charge < -0.3 is 10.1 Å². The lowest BCUT2D eigenvalue weighted by atomic mass is 9.96. The van der Waals surface area contributed by atoms with Gasteiger partial charge in [-0.2, -0.15) is 5.10 Å². The van der Waals surface area contributed by atoms with Crippen LogP contribution in [0.1, 0.15) is 38.1 Å². The lowest BCUT2D eigenvalue weighted by molar-refractivity contribution is 0.0662. The summed E-state index contributed by atoms with van der Waals surface area (Å²) >= 11 is 0. The number of nitrogens with one attached hydrogen (secondary N) is 2. The molecule has 3 heterocycles. The third-order valence-corrected chi connectivity index (χ3v) is 6.11. The standard InChI is InChI=1S/C15H26N4O3S.ClH/c20-23(21,18-7-3-13-2-1-6-16-10-13)15-11-17-19(12-15)14-4-8-22-9-5-14;/h11-14,16,18H,1-10H2;1H. The molecule has 138 valence electrons. The van der Waals surface area contributed by atoms with E-state index in [1.54, 1.807) is 10.9 Å². The van der Waals surface area contributed by atoms with Gasteiger partial charge in [-0.25, -0.2) is 13.1 Å². The molecule has 0 saturated carbocycles. The molecule has 2 saturated heterocycles. The highest BCUT2D eigenvalue weighted by molar-refractivity contribution is 7.89. The highest BCUT2D eigenvalue weighted by Crippen LogP contribution is 2.21. The van der Waals surface area contributed by atoms with Gasteiger partial charge in [-0.3, -0.25) is 4.68 Å². The molecule has 0 aliphatic carbocycles. The van der Waals surface area contributed by atoms with Gasteiger partial charge in [-0.1, -0.05) is 0 Å². The van der Waals surface area contributed by atoms with Gasteiger partial charge in [0.2, 0.25) is 10.0 Å². The fourth-order valence-electron chi connectivity index (χ4n) is 3.26. The Labute approximate surface area is 150 Å². The smallest absolute Gasteiger partial charge is 0.243 e. The molecule has 1 aromatic heterocycles. The van der Waals surface area contributed by atoms with Gasteiger partial charge in [0.05, 0.1) is 12.2 Å². The van der Waals surface area contributed by atoms with Crippen LogP contribution in [-0.2, 0) is 14.8 Å². The molecule has 0 spiro atoms. The van der Waals surface area contributed by atoms with Gasteiger partial charge in [0, 0.05) is 26.0 Å². The van der Waals surface area contributed by atoms with Crippen molar-refractivity contribution in [1.82, 2.24) is 19.8 Å². The molecule has 3 rings (SSSR count). The molecule has 0 aromatic carbocycles. The van der Waals surface area contributed by atoms with E-state index in [0.29, 0.717) is 25.7 Å². The normalized spacial score (nSPS) is 22.9. The van der Waals surface area contributed by atoms with Gasteiger partial charge in [-0.05, 0) is 51.1 Å². The number of sulfonamides is 1. The van der Waals surface area contributed by atoms with Crippen molar-refractivity contribution in [2.75, 3.05) is 32.8 Å². The van der Waals surface area contributed by atoms with E-state index in [9.17, 15) is 8.42 Å². The molecule has 7 nitrogen and oxygen atoms in total. The Morgan fingerprint density at radius 3 is 2.83 bits per heavy atom. The average molecular weight is 379 g/mol. The summed E-state index contributed by atoms with van der Waals surface area (Å²) in [6, 6.07) is 0.237. The quantitative estimate of drug-likeness (QED) is 0.779. The van der Waals surface area contributed by atoms with Crippen LogP contribution in [0.3, 0.4) is 0 Å². The zero-order valence-corrected chi connectivity index (χ0v) is 15.4. The van der Waals surface area contributed by atoms with Crippen LogP contribution >= 0.6 is 12.4 Å². The fraction of sp³-hybridized carbons (Fsp3) is 0.800. The summed E-state index contributed by atoms with van der Waals surface area (Å²) in [5.74, 6) is 0.566. The predicted molar refractivity (Wildman–Crippen MR) is 94.0 cm³/mol. The molecule has 2 aliphatic rings. The van der Waals surface area contributed by atoms with Crippen molar-refractivity contribution in [2.24, 2.45) is 5.92 Å². The van der Waals surface area contributed by atoms with Crippen LogP contribution in [-0.4, -0.2) is 51.0 Å². The number of ether oxygens (including phenoxy) is 1. The van der Waals surface area contributed by atoms with Crippen LogP contribution in [0.4, 0.5) is 0 Å². The number of hydrogen-bond acceptors (Lipinski definition) is 5. The lowest BCUT2D eigenvalue weighted by Gasteiger charge is -2.22. The van der Waals surface area contributed by atoms with Crippen molar-refractivity contribution in [3.63, 3.8) is 0 Å². The second-order valence-corrected chi connectivity index (χ2v) is 8.17. The van der Waals surface area contributed by atoms with Crippen LogP contribution in [0, 0.1) is 5.92 Å². The van der Waals surface area contributed by atoms with E-state index in [1.807, 2.05) is 0 Å². The molecule has 2 fully saturated rings. The number of piperidine rings is 1. The van der Waals surface area contributed by atoms with E-state index in [-0.39, 0.29) is 23.3 Å². The zero-order valence-electron chi connectivity index (χ0n) is 13.8. The van der Waals surface area contributed by atoms with Gasteiger partial charge >= 0.3 is 0 Å². The summed E-state index contributed by atoms with van der Waals surface area (Å²) in [4.78, 5) is 0.255. The predicted octanol–water partition coefficient (Wildman–Crippen LogP) is 1.32. The van der Waals surface area contributed by atoms with Gasteiger partial charge in [0.1, 0.15) is 4.90 Å². The summed E-state index contributed by atoms with van der Waals surface area (Å²) in [7, 11) is -3.46. The van der Waals surface area contributed by atoms with Crippen LogP contribution in [0.25, 0.3) is 0 Å². The Balaban J connectivity index is 0.00000208. The number of hydrogen-bond donors (Lipinski definition) is 2. The summed E-state index contributed by atoms with van der Waals surface area (Å²) < 4.78 is 34.5. The van der Waals surface area contributed by atoms with E-state index in [2.05, 4.69) is 15.1 Å². The maximum absolute atomic E-state index is 12.4. The zero-order chi connectivity index (χ0) is 16.1. The average Bonchev–Trinajstić information content (AvgIpc) is 3.07. The lowest BCUT2D eigenvalue weighted by Crippen LogP contribution is -2.33. The third-order valence-electron chi connectivity index (χ3n) is 4.70. The minimum Gasteiger partial charge on any atom is -0.381 e. The van der Waals surface area contributed by atoms with E-state index >= 15 is 0 Å². The number of nitrogens with zero attached hydrogens (tertiary/aromatic N) is 2. The summed E-state index contributed by atoms with van der Waals surface area (Å²) in [5, 5.41) is 7.59. The molecule has 2 aliphatic heterocycles. The largest absolute Gasteiger partial charge is 0.381 e. The topological polar surface area (TPSA) is 85.3 Å². The second kappa shape index (κ2) is 9.15. The first kappa shape index (κ1) is 19.7. The molecule has 0 bridgehead atoms. The van der Waals surface area contributed by atoms with Crippen LogP contribution in [0.2, 0.25) is 0 Å². The molecule has 2 N–H and O–H groups in total. The number of halogens is 1. The van der Waals surface area contributed by atoms with Crippen molar-refractivity contribution in [3.8, 4) is 0 Å². The van der Waals surface area contributed by atoms with Crippen molar-refractivity contribution < 1.29 is 13.2 Å². The van der Waals surface area contributed by atoms with E-state index in [1.165, 1.54) is 19.0 Å². The van der Waals surface area contributed by atoms with Crippen molar-refractivity contribution in [2.45, 2.75) is 43.0 Å². The fourth-order valence-corrected chi connectivity index (χ4v) is 4.25. The van der Waals surface area contributed by atoms with Crippen LogP contribution < -0.4 is 10.0 Å². The molecule has 9 heteroatoms. The van der Waals surface area contributed by atoms with Crippen molar-refractivity contribution in [1.29, 1.82) is 0 Å². The highest BCUT2D eigenvalue weighted by atomic mass is 35.5. The summed E-state index contributed by atoms with van der Waals surface area (Å²) in [5.41, 5.74) is 0. The monoisotopic (exact) mass is 378 g/mol. The second-order valence-electron chi connectivity index (χ2n) is 6.40. The molecule has 1 aromatic rings. The van der Waals surface area contributed by atoms with E-state index in [0.717, 1.165) is 32.4 Å². The van der Waals surface area contributed by atoms with Crippen LogP contribution in [0.5, 0.6) is 0 Å². The number of rotatable bonds is 6. The van der Waals surface area contributed by atoms with Crippen molar-refractivity contribution >= 4 is 22.4 Å². The maximum Gasteiger partial charge on any atom is 0.243 e.